The van der Waals surface area contributed by atoms with Crippen molar-refractivity contribution in [3.8, 4) is 11.5 Å². The van der Waals surface area contributed by atoms with Gasteiger partial charge >= 0.3 is 6.03 Å². The normalized spacial score (nSPS) is 11.2. The van der Waals surface area contributed by atoms with Crippen LogP contribution < -0.4 is 15.6 Å². The topological polar surface area (TPSA) is 98.9 Å². The molecular weight excluding hydrogens is 384 g/mol. The summed E-state index contributed by atoms with van der Waals surface area (Å²) < 4.78 is 6.13. The first kappa shape index (κ1) is 19.7. The van der Waals surface area contributed by atoms with E-state index >= 15 is 0 Å². The minimum Gasteiger partial charge on any atom is -0.450 e. The molecule has 0 spiro atoms. The molecule has 2 aromatic carbocycles. The predicted molar refractivity (Wildman–Crippen MR) is 117 cm³/mol. The smallest absolute Gasteiger partial charge is 0.321 e. The van der Waals surface area contributed by atoms with Crippen LogP contribution in [0.15, 0.2) is 51.7 Å². The SMILES string of the molecule is CN(C)C(=O)Nc1c2oc3cc(N(C)CCO)ccc3nc-2c2ccccc2c1=O. The maximum atomic E-state index is 13.1. The summed E-state index contributed by atoms with van der Waals surface area (Å²) in [6.45, 7) is 0.486. The Morgan fingerprint density at radius 2 is 1.87 bits per heavy atom. The highest BCUT2D eigenvalue weighted by atomic mass is 16.3. The molecule has 2 aliphatic rings. The van der Waals surface area contributed by atoms with E-state index in [1.54, 1.807) is 32.3 Å². The molecule has 0 atom stereocenters. The van der Waals surface area contributed by atoms with Gasteiger partial charge in [-0.25, -0.2) is 9.78 Å². The lowest BCUT2D eigenvalue weighted by molar-refractivity contribution is 0.230. The van der Waals surface area contributed by atoms with E-state index in [2.05, 4.69) is 5.32 Å². The zero-order chi connectivity index (χ0) is 21.4. The quantitative estimate of drug-likeness (QED) is 0.399. The van der Waals surface area contributed by atoms with E-state index in [1.165, 1.54) is 4.90 Å². The number of urea groups is 1. The van der Waals surface area contributed by atoms with Gasteiger partial charge in [0.05, 0.1) is 6.61 Å². The number of carbonyl (C=O) groups is 1. The van der Waals surface area contributed by atoms with Gasteiger partial charge < -0.3 is 24.6 Å². The summed E-state index contributed by atoms with van der Waals surface area (Å²) in [4.78, 5) is 33.4. The Morgan fingerprint density at radius 3 is 2.57 bits per heavy atom. The van der Waals surface area contributed by atoms with Crippen molar-refractivity contribution < 1.29 is 14.3 Å². The number of nitrogens with one attached hydrogen (secondary N) is 1. The number of fused-ring (bicyclic) bond motifs is 4. The highest BCUT2D eigenvalue weighted by Gasteiger charge is 2.24. The number of rotatable bonds is 4. The fourth-order valence-electron chi connectivity index (χ4n) is 3.33. The van der Waals surface area contributed by atoms with Gasteiger partial charge in [-0.05, 0) is 12.1 Å². The number of hydrogen-bond acceptors (Lipinski definition) is 6. The first-order valence-corrected chi connectivity index (χ1v) is 9.50. The molecule has 8 heteroatoms. The summed E-state index contributed by atoms with van der Waals surface area (Å²) in [5.74, 6) is 0.225. The van der Waals surface area contributed by atoms with Crippen molar-refractivity contribution in [3.05, 3.63) is 52.7 Å². The van der Waals surface area contributed by atoms with Crippen LogP contribution in [0, 0.1) is 0 Å². The summed E-state index contributed by atoms with van der Waals surface area (Å²) in [7, 11) is 5.05. The maximum absolute atomic E-state index is 13.1. The third kappa shape index (κ3) is 3.31. The summed E-state index contributed by atoms with van der Waals surface area (Å²) in [5, 5.41) is 13.0. The summed E-state index contributed by atoms with van der Waals surface area (Å²) >= 11 is 0. The molecular formula is C22H22N4O4. The lowest BCUT2D eigenvalue weighted by Crippen LogP contribution is -2.30. The van der Waals surface area contributed by atoms with Crippen molar-refractivity contribution in [2.45, 2.75) is 0 Å². The fourth-order valence-corrected chi connectivity index (χ4v) is 3.33. The van der Waals surface area contributed by atoms with Crippen LogP contribution in [0.4, 0.5) is 16.2 Å². The fraction of sp³-hybridized carbons (Fsp3) is 0.227. The molecule has 0 fully saturated rings. The van der Waals surface area contributed by atoms with Crippen LogP contribution in [-0.2, 0) is 0 Å². The molecule has 2 amide bonds. The van der Waals surface area contributed by atoms with Crippen LogP contribution in [0.1, 0.15) is 0 Å². The molecule has 4 rings (SSSR count). The van der Waals surface area contributed by atoms with Crippen molar-refractivity contribution in [1.82, 2.24) is 9.88 Å². The van der Waals surface area contributed by atoms with Gasteiger partial charge in [-0.1, -0.05) is 24.3 Å². The molecule has 2 aromatic rings. The molecule has 154 valence electrons. The zero-order valence-corrected chi connectivity index (χ0v) is 17.0. The number of aliphatic hydroxyl groups excluding tert-OH is 1. The lowest BCUT2D eigenvalue weighted by Gasteiger charge is -2.19. The van der Waals surface area contributed by atoms with Crippen LogP contribution in [-0.4, -0.2) is 55.3 Å². The Hall–Kier alpha value is -3.65. The highest BCUT2D eigenvalue weighted by Crippen LogP contribution is 2.36. The highest BCUT2D eigenvalue weighted by molar-refractivity contribution is 6.04. The molecule has 1 aliphatic heterocycles. The van der Waals surface area contributed by atoms with Crippen LogP contribution in [0.5, 0.6) is 0 Å². The van der Waals surface area contributed by atoms with Crippen molar-refractivity contribution in [2.75, 3.05) is 44.5 Å². The van der Waals surface area contributed by atoms with E-state index < -0.39 is 6.03 Å². The van der Waals surface area contributed by atoms with Crippen LogP contribution in [0.2, 0.25) is 0 Å². The first-order valence-electron chi connectivity index (χ1n) is 9.50. The van der Waals surface area contributed by atoms with Gasteiger partial charge in [0.25, 0.3) is 0 Å². The third-order valence-corrected chi connectivity index (χ3v) is 5.00. The van der Waals surface area contributed by atoms with Gasteiger partial charge in [0.15, 0.2) is 11.3 Å². The Bertz CT molecular complexity index is 1280. The summed E-state index contributed by atoms with van der Waals surface area (Å²) in [6.07, 6.45) is 0. The summed E-state index contributed by atoms with van der Waals surface area (Å²) in [5.41, 5.74) is 2.17. The number of aliphatic hydroxyl groups is 1. The van der Waals surface area contributed by atoms with Gasteiger partial charge in [-0.15, -0.1) is 0 Å². The number of hydrogen-bond donors (Lipinski definition) is 2. The van der Waals surface area contributed by atoms with E-state index in [0.29, 0.717) is 34.1 Å². The van der Waals surface area contributed by atoms with Crippen molar-refractivity contribution in [2.24, 2.45) is 0 Å². The number of nitrogens with zero attached hydrogens (tertiary/aromatic N) is 3. The largest absolute Gasteiger partial charge is 0.450 e. The molecule has 0 unspecified atom stereocenters. The maximum Gasteiger partial charge on any atom is 0.321 e. The van der Waals surface area contributed by atoms with Crippen molar-refractivity contribution in [1.29, 1.82) is 0 Å². The molecule has 30 heavy (non-hydrogen) atoms. The number of carbonyl (C=O) groups excluding carboxylic acids is 1. The molecule has 2 N–H and O–H groups in total. The number of anilines is 2. The average Bonchev–Trinajstić information content (AvgIpc) is 2.75. The molecule has 1 aliphatic carbocycles. The number of likely N-dealkylation sites (N-methyl/N-ethyl adjacent to an activating group) is 1. The number of amides is 2. The molecule has 0 saturated carbocycles. The zero-order valence-electron chi connectivity index (χ0n) is 17.0. The predicted octanol–water partition coefficient (Wildman–Crippen LogP) is 2.97. The van der Waals surface area contributed by atoms with Gasteiger partial charge in [0.2, 0.25) is 5.43 Å². The second kappa shape index (κ2) is 7.64. The molecule has 0 radical (unpaired) electrons. The van der Waals surface area contributed by atoms with Crippen molar-refractivity contribution in [3.63, 3.8) is 0 Å². The Labute approximate surface area is 172 Å². The molecule has 1 heterocycles. The molecule has 0 saturated heterocycles. The van der Waals surface area contributed by atoms with E-state index in [-0.39, 0.29) is 23.5 Å². The second-order valence-corrected chi connectivity index (χ2v) is 7.26. The Balaban J connectivity index is 2.02. The number of benzene rings is 3. The molecule has 0 aromatic heterocycles. The second-order valence-electron chi connectivity index (χ2n) is 7.26. The third-order valence-electron chi connectivity index (χ3n) is 5.00. The molecule has 0 bridgehead atoms. The van der Waals surface area contributed by atoms with Gasteiger partial charge in [-0.3, -0.25) is 4.79 Å². The van der Waals surface area contributed by atoms with Crippen LogP contribution in [0.3, 0.4) is 0 Å². The number of aromatic nitrogens is 1. The standard InChI is InChI=1S/C22H22N4O4/c1-25(2)22(29)24-19-20(28)15-7-5-4-6-14(15)18-21(19)30-17-12-13(26(3)10-11-27)8-9-16(17)23-18/h4-9,12,27H,10-11H2,1-3H3,(H,24,29). The van der Waals surface area contributed by atoms with Gasteiger partial charge in [0, 0.05) is 50.2 Å². The summed E-state index contributed by atoms with van der Waals surface area (Å²) in [6, 6.07) is 12.2. The van der Waals surface area contributed by atoms with Crippen molar-refractivity contribution >= 4 is 39.3 Å². The van der Waals surface area contributed by atoms with Crippen LogP contribution >= 0.6 is 0 Å². The monoisotopic (exact) mass is 406 g/mol. The van der Waals surface area contributed by atoms with E-state index in [4.69, 9.17) is 9.40 Å². The van der Waals surface area contributed by atoms with Crippen LogP contribution in [0.25, 0.3) is 33.3 Å². The van der Waals surface area contributed by atoms with Gasteiger partial charge in [-0.2, -0.15) is 0 Å². The average molecular weight is 406 g/mol. The molecule has 8 nitrogen and oxygen atoms in total. The first-order chi connectivity index (χ1) is 14.4. The van der Waals surface area contributed by atoms with E-state index in [1.807, 2.05) is 36.2 Å². The Kier molecular flexibility index (Phi) is 5.01. The van der Waals surface area contributed by atoms with E-state index in [9.17, 15) is 14.7 Å². The minimum atomic E-state index is -0.435. The van der Waals surface area contributed by atoms with E-state index in [0.717, 1.165) is 5.69 Å². The Morgan fingerprint density at radius 1 is 1.13 bits per heavy atom. The minimum absolute atomic E-state index is 0.0217. The lowest BCUT2D eigenvalue weighted by atomic mass is 10.0. The van der Waals surface area contributed by atoms with Gasteiger partial charge in [0.1, 0.15) is 16.9 Å².